The number of hydrogen-bond acceptors (Lipinski definition) is 4. The average molecular weight is 191 g/mol. The maximum atomic E-state index is 8.94. The number of benzene rings is 1. The summed E-state index contributed by atoms with van der Waals surface area (Å²) in [5.74, 6) is 6.07. The molecular weight excluding hydrogens is 178 g/mol. The summed E-state index contributed by atoms with van der Waals surface area (Å²) in [6, 6.07) is 9.31. The van der Waals surface area contributed by atoms with Crippen molar-refractivity contribution in [2.75, 3.05) is 7.11 Å². The van der Waals surface area contributed by atoms with Gasteiger partial charge in [0, 0.05) is 0 Å². The number of hydrazine groups is 1. The highest BCUT2D eigenvalue weighted by Crippen LogP contribution is 2.21. The molecule has 0 aromatic heterocycles. The molecule has 0 heterocycles. The molecule has 0 amide bonds. The number of nitriles is 1. The van der Waals surface area contributed by atoms with Crippen molar-refractivity contribution in [3.8, 4) is 11.8 Å². The third-order valence-electron chi connectivity index (χ3n) is 2.18. The van der Waals surface area contributed by atoms with Crippen LogP contribution in [0.5, 0.6) is 5.75 Å². The van der Waals surface area contributed by atoms with E-state index in [0.29, 0.717) is 0 Å². The molecule has 0 radical (unpaired) electrons. The zero-order valence-electron chi connectivity index (χ0n) is 8.24. The molecule has 0 saturated heterocycles. The summed E-state index contributed by atoms with van der Waals surface area (Å²) >= 11 is 0. The highest BCUT2D eigenvalue weighted by Gasteiger charge is 2.24. The first-order valence-electron chi connectivity index (χ1n) is 4.20. The molecule has 0 aliphatic carbocycles. The van der Waals surface area contributed by atoms with Crippen LogP contribution in [0.4, 0.5) is 0 Å². The molecule has 0 fully saturated rings. The number of rotatable bonds is 3. The van der Waals surface area contributed by atoms with E-state index < -0.39 is 5.54 Å². The number of ether oxygens (including phenoxy) is 1. The second kappa shape index (κ2) is 4.09. The van der Waals surface area contributed by atoms with E-state index in [2.05, 4.69) is 11.5 Å². The lowest BCUT2D eigenvalue weighted by atomic mass is 9.94. The minimum Gasteiger partial charge on any atom is -0.497 e. The molecule has 0 spiro atoms. The minimum atomic E-state index is -0.855. The normalized spacial score (nSPS) is 14.1. The van der Waals surface area contributed by atoms with Gasteiger partial charge in [0.2, 0.25) is 0 Å². The van der Waals surface area contributed by atoms with Crippen molar-refractivity contribution in [1.82, 2.24) is 5.43 Å². The Bertz CT molecular complexity index is 341. The molecule has 74 valence electrons. The molecule has 0 aliphatic rings. The Balaban J connectivity index is 3.03. The van der Waals surface area contributed by atoms with Gasteiger partial charge < -0.3 is 4.74 Å². The third-order valence-corrected chi connectivity index (χ3v) is 2.18. The summed E-state index contributed by atoms with van der Waals surface area (Å²) < 4.78 is 5.01. The van der Waals surface area contributed by atoms with Gasteiger partial charge >= 0.3 is 0 Å². The van der Waals surface area contributed by atoms with Crippen LogP contribution in [0.25, 0.3) is 0 Å². The zero-order valence-corrected chi connectivity index (χ0v) is 8.24. The molecular formula is C10H13N3O. The maximum Gasteiger partial charge on any atom is 0.141 e. The average Bonchev–Trinajstić information content (AvgIpc) is 2.28. The van der Waals surface area contributed by atoms with Crippen molar-refractivity contribution < 1.29 is 4.74 Å². The van der Waals surface area contributed by atoms with Crippen LogP contribution in [0.15, 0.2) is 24.3 Å². The molecule has 1 aromatic carbocycles. The number of hydrogen-bond donors (Lipinski definition) is 2. The Kier molecular flexibility index (Phi) is 3.07. The number of methoxy groups -OCH3 is 1. The van der Waals surface area contributed by atoms with Gasteiger partial charge in [0.05, 0.1) is 13.2 Å². The Hall–Kier alpha value is -1.57. The first-order chi connectivity index (χ1) is 6.66. The summed E-state index contributed by atoms with van der Waals surface area (Å²) in [6.07, 6.45) is 0. The highest BCUT2D eigenvalue weighted by atomic mass is 16.5. The minimum absolute atomic E-state index is 0.756. The van der Waals surface area contributed by atoms with E-state index in [-0.39, 0.29) is 0 Å². The first kappa shape index (κ1) is 10.5. The van der Waals surface area contributed by atoms with Crippen molar-refractivity contribution in [2.24, 2.45) is 5.84 Å². The van der Waals surface area contributed by atoms with Gasteiger partial charge in [-0.25, -0.2) is 5.43 Å². The Morgan fingerprint density at radius 3 is 2.36 bits per heavy atom. The van der Waals surface area contributed by atoms with Gasteiger partial charge in [-0.1, -0.05) is 12.1 Å². The van der Waals surface area contributed by atoms with Gasteiger partial charge in [-0.05, 0) is 24.6 Å². The van der Waals surface area contributed by atoms with Crippen LogP contribution < -0.4 is 16.0 Å². The lowest BCUT2D eigenvalue weighted by Crippen LogP contribution is -2.42. The molecule has 4 nitrogen and oxygen atoms in total. The largest absolute Gasteiger partial charge is 0.497 e. The third kappa shape index (κ3) is 1.84. The summed E-state index contributed by atoms with van der Waals surface area (Å²) in [4.78, 5) is 0. The predicted octanol–water partition coefficient (Wildman–Crippen LogP) is 0.897. The van der Waals surface area contributed by atoms with Crippen molar-refractivity contribution >= 4 is 0 Å². The highest BCUT2D eigenvalue weighted by molar-refractivity contribution is 5.35. The van der Waals surface area contributed by atoms with Gasteiger partial charge in [-0.2, -0.15) is 5.26 Å². The fraction of sp³-hybridized carbons (Fsp3) is 0.300. The zero-order chi connectivity index (χ0) is 10.6. The molecule has 1 rings (SSSR count). The second-order valence-electron chi connectivity index (χ2n) is 3.11. The molecule has 1 atom stereocenters. The van der Waals surface area contributed by atoms with Gasteiger partial charge in [-0.3, -0.25) is 5.84 Å². The van der Waals surface area contributed by atoms with E-state index >= 15 is 0 Å². The van der Waals surface area contributed by atoms with Gasteiger partial charge in [0.1, 0.15) is 11.3 Å². The monoisotopic (exact) mass is 191 g/mol. The van der Waals surface area contributed by atoms with Crippen LogP contribution in [-0.4, -0.2) is 7.11 Å². The van der Waals surface area contributed by atoms with Gasteiger partial charge in [-0.15, -0.1) is 0 Å². The first-order valence-corrected chi connectivity index (χ1v) is 4.20. The van der Waals surface area contributed by atoms with Crippen LogP contribution in [0.1, 0.15) is 12.5 Å². The Labute approximate surface area is 83.3 Å². The van der Waals surface area contributed by atoms with E-state index in [1.54, 1.807) is 26.2 Å². The van der Waals surface area contributed by atoms with Crippen LogP contribution >= 0.6 is 0 Å². The number of nitrogens with zero attached hydrogens (tertiary/aromatic N) is 1. The summed E-state index contributed by atoms with van der Waals surface area (Å²) in [6.45, 7) is 1.72. The van der Waals surface area contributed by atoms with E-state index in [1.165, 1.54) is 0 Å². The summed E-state index contributed by atoms with van der Waals surface area (Å²) in [7, 11) is 1.60. The quantitative estimate of drug-likeness (QED) is 0.550. The summed E-state index contributed by atoms with van der Waals surface area (Å²) in [5.41, 5.74) is 2.43. The van der Waals surface area contributed by atoms with E-state index in [4.69, 9.17) is 15.8 Å². The van der Waals surface area contributed by atoms with Crippen molar-refractivity contribution in [2.45, 2.75) is 12.5 Å². The van der Waals surface area contributed by atoms with E-state index in [0.717, 1.165) is 11.3 Å². The SMILES string of the molecule is COc1ccc(C(C)(C#N)NN)cc1. The Morgan fingerprint density at radius 2 is 2.00 bits per heavy atom. The lowest BCUT2D eigenvalue weighted by molar-refractivity contribution is 0.413. The summed E-state index contributed by atoms with van der Waals surface area (Å²) in [5, 5.41) is 8.94. The topological polar surface area (TPSA) is 71.1 Å². The predicted molar refractivity (Wildman–Crippen MR) is 53.3 cm³/mol. The second-order valence-corrected chi connectivity index (χ2v) is 3.11. The van der Waals surface area contributed by atoms with Gasteiger partial charge in [0.25, 0.3) is 0 Å². The fourth-order valence-corrected chi connectivity index (χ4v) is 1.10. The fourth-order valence-electron chi connectivity index (χ4n) is 1.10. The Morgan fingerprint density at radius 1 is 1.43 bits per heavy atom. The molecule has 14 heavy (non-hydrogen) atoms. The van der Waals surface area contributed by atoms with Crippen LogP contribution in [0, 0.1) is 11.3 Å². The number of nitrogens with two attached hydrogens (primary N) is 1. The smallest absolute Gasteiger partial charge is 0.141 e. The molecule has 0 aliphatic heterocycles. The van der Waals surface area contributed by atoms with Crippen LogP contribution in [0.2, 0.25) is 0 Å². The molecule has 4 heteroatoms. The van der Waals surface area contributed by atoms with Gasteiger partial charge in [0.15, 0.2) is 0 Å². The van der Waals surface area contributed by atoms with Crippen molar-refractivity contribution in [1.29, 1.82) is 5.26 Å². The molecule has 0 bridgehead atoms. The molecule has 1 unspecified atom stereocenters. The molecule has 0 saturated carbocycles. The molecule has 3 N–H and O–H groups in total. The number of nitrogens with one attached hydrogen (secondary N) is 1. The lowest BCUT2D eigenvalue weighted by Gasteiger charge is -2.20. The van der Waals surface area contributed by atoms with Crippen molar-refractivity contribution in [3.63, 3.8) is 0 Å². The van der Waals surface area contributed by atoms with Crippen LogP contribution in [-0.2, 0) is 5.54 Å². The molecule has 1 aromatic rings. The van der Waals surface area contributed by atoms with Crippen molar-refractivity contribution in [3.05, 3.63) is 29.8 Å². The maximum absolute atomic E-state index is 8.94. The van der Waals surface area contributed by atoms with E-state index in [1.807, 2.05) is 12.1 Å². The van der Waals surface area contributed by atoms with Crippen LogP contribution in [0.3, 0.4) is 0 Å². The standard InChI is InChI=1S/C10H13N3O/c1-10(7-11,13-12)8-3-5-9(14-2)6-4-8/h3-6,13H,12H2,1-2H3. The van der Waals surface area contributed by atoms with E-state index in [9.17, 15) is 0 Å².